The van der Waals surface area contributed by atoms with Crippen LogP contribution in [0.4, 0.5) is 4.79 Å². The molecular weight excluding hydrogens is 432 g/mol. The molecule has 0 radical (unpaired) electrons. The van der Waals surface area contributed by atoms with E-state index in [2.05, 4.69) is 26.2 Å². The maximum atomic E-state index is 13.2. The molecule has 1 aromatic heterocycles. The number of fused-ring (bicyclic) bond motifs is 1. The number of rotatable bonds is 2. The zero-order valence-corrected chi connectivity index (χ0v) is 18.4. The minimum absolute atomic E-state index is 0.00941. The molecule has 0 unspecified atom stereocenters. The number of hydrogen-bond donors (Lipinski definition) is 1. The lowest BCUT2D eigenvalue weighted by Crippen LogP contribution is -2.54. The monoisotopic (exact) mass is 458 g/mol. The lowest BCUT2D eigenvalue weighted by atomic mass is 9.96. The van der Waals surface area contributed by atoms with Crippen LogP contribution in [-0.4, -0.2) is 58.9 Å². The number of halogens is 1. The average Bonchev–Trinajstić information content (AvgIpc) is 2.73. The molecule has 1 N–H and O–H groups in total. The van der Waals surface area contributed by atoms with Crippen LogP contribution < -0.4 is 5.32 Å². The van der Waals surface area contributed by atoms with Crippen LogP contribution in [0.25, 0.3) is 10.9 Å². The SMILES string of the molecule is Cc1cc(C(=O)N2CCN(C(=O)NC3CCCCC3)CC2)c2ccc(Br)cc2n1. The van der Waals surface area contributed by atoms with Crippen molar-refractivity contribution in [2.75, 3.05) is 26.2 Å². The van der Waals surface area contributed by atoms with Gasteiger partial charge in [0.25, 0.3) is 5.91 Å². The van der Waals surface area contributed by atoms with Gasteiger partial charge < -0.3 is 15.1 Å². The number of pyridine rings is 1. The zero-order chi connectivity index (χ0) is 20.4. The Kier molecular flexibility index (Phi) is 6.04. The summed E-state index contributed by atoms with van der Waals surface area (Å²) in [7, 11) is 0. The fraction of sp³-hybridized carbons (Fsp3) is 0.500. The third kappa shape index (κ3) is 4.55. The van der Waals surface area contributed by atoms with Gasteiger partial charge in [-0.25, -0.2) is 4.79 Å². The van der Waals surface area contributed by atoms with Gasteiger partial charge in [-0.15, -0.1) is 0 Å². The molecule has 4 rings (SSSR count). The van der Waals surface area contributed by atoms with Crippen LogP contribution in [0.15, 0.2) is 28.7 Å². The summed E-state index contributed by atoms with van der Waals surface area (Å²) >= 11 is 3.47. The fourth-order valence-corrected chi connectivity index (χ4v) is 4.66. The molecule has 1 saturated heterocycles. The van der Waals surface area contributed by atoms with Crippen LogP contribution >= 0.6 is 15.9 Å². The Morgan fingerprint density at radius 1 is 1.03 bits per heavy atom. The van der Waals surface area contributed by atoms with E-state index < -0.39 is 0 Å². The normalized spacial score (nSPS) is 18.1. The van der Waals surface area contributed by atoms with Crippen LogP contribution in [0.3, 0.4) is 0 Å². The molecule has 1 saturated carbocycles. The zero-order valence-electron chi connectivity index (χ0n) is 16.8. The Balaban J connectivity index is 1.41. The van der Waals surface area contributed by atoms with Gasteiger partial charge in [0.1, 0.15) is 0 Å². The summed E-state index contributed by atoms with van der Waals surface area (Å²) in [6.45, 7) is 4.15. The van der Waals surface area contributed by atoms with Gasteiger partial charge in [-0.3, -0.25) is 9.78 Å². The van der Waals surface area contributed by atoms with Gasteiger partial charge in [-0.2, -0.15) is 0 Å². The number of nitrogens with zero attached hydrogens (tertiary/aromatic N) is 3. The molecule has 3 amide bonds. The van der Waals surface area contributed by atoms with Crippen molar-refractivity contribution in [2.24, 2.45) is 0 Å². The molecule has 7 heteroatoms. The Bertz CT molecular complexity index is 913. The lowest BCUT2D eigenvalue weighted by Gasteiger charge is -2.36. The molecule has 1 aromatic carbocycles. The molecule has 2 aromatic rings. The van der Waals surface area contributed by atoms with E-state index in [1.165, 1.54) is 19.3 Å². The Morgan fingerprint density at radius 2 is 1.72 bits per heavy atom. The summed E-state index contributed by atoms with van der Waals surface area (Å²) in [4.78, 5) is 34.0. The Morgan fingerprint density at radius 3 is 2.45 bits per heavy atom. The number of urea groups is 1. The minimum atomic E-state index is 0.00941. The Hall–Kier alpha value is -2.15. The Labute approximate surface area is 179 Å². The molecule has 0 bridgehead atoms. The highest BCUT2D eigenvalue weighted by molar-refractivity contribution is 9.10. The number of benzene rings is 1. The van der Waals surface area contributed by atoms with Crippen molar-refractivity contribution in [1.29, 1.82) is 0 Å². The van der Waals surface area contributed by atoms with Crippen LogP contribution in [0.5, 0.6) is 0 Å². The highest BCUT2D eigenvalue weighted by Crippen LogP contribution is 2.24. The van der Waals surface area contributed by atoms with E-state index >= 15 is 0 Å². The molecule has 1 aliphatic carbocycles. The fourth-order valence-electron chi connectivity index (χ4n) is 4.31. The van der Waals surface area contributed by atoms with Crippen molar-refractivity contribution >= 4 is 38.8 Å². The van der Waals surface area contributed by atoms with Crippen LogP contribution in [-0.2, 0) is 0 Å². The number of carbonyl (C=O) groups is 2. The first-order valence-corrected chi connectivity index (χ1v) is 11.2. The summed E-state index contributed by atoms with van der Waals surface area (Å²) in [5, 5.41) is 4.03. The van der Waals surface area contributed by atoms with Crippen molar-refractivity contribution in [3.05, 3.63) is 40.0 Å². The second kappa shape index (κ2) is 8.69. The number of carbonyl (C=O) groups excluding carboxylic acids is 2. The first kappa shape index (κ1) is 20.1. The van der Waals surface area contributed by atoms with Crippen molar-refractivity contribution < 1.29 is 9.59 Å². The number of nitrogens with one attached hydrogen (secondary N) is 1. The maximum Gasteiger partial charge on any atom is 0.317 e. The molecular formula is C22H27BrN4O2. The van der Waals surface area contributed by atoms with E-state index in [0.717, 1.165) is 33.9 Å². The van der Waals surface area contributed by atoms with Crippen LogP contribution in [0, 0.1) is 6.92 Å². The quantitative estimate of drug-likeness (QED) is 0.736. The van der Waals surface area contributed by atoms with Crippen LogP contribution in [0.2, 0.25) is 0 Å². The average molecular weight is 459 g/mol. The van der Waals surface area contributed by atoms with E-state index in [-0.39, 0.29) is 11.9 Å². The number of hydrogen-bond acceptors (Lipinski definition) is 3. The van der Waals surface area contributed by atoms with Gasteiger partial charge in [0, 0.05) is 47.8 Å². The molecule has 2 aliphatic rings. The minimum Gasteiger partial charge on any atom is -0.335 e. The lowest BCUT2D eigenvalue weighted by molar-refractivity contribution is 0.0664. The summed E-state index contributed by atoms with van der Waals surface area (Å²) in [6, 6.07) is 7.99. The number of piperazine rings is 1. The van der Waals surface area contributed by atoms with Gasteiger partial charge in [0.05, 0.1) is 11.1 Å². The molecule has 6 nitrogen and oxygen atoms in total. The topological polar surface area (TPSA) is 65.5 Å². The second-order valence-electron chi connectivity index (χ2n) is 8.04. The highest BCUT2D eigenvalue weighted by atomic mass is 79.9. The van der Waals surface area contributed by atoms with Crippen molar-refractivity contribution in [1.82, 2.24) is 20.1 Å². The maximum absolute atomic E-state index is 13.2. The van der Waals surface area contributed by atoms with Gasteiger partial charge in [-0.05, 0) is 38.0 Å². The summed E-state index contributed by atoms with van der Waals surface area (Å²) in [6.07, 6.45) is 5.82. The highest BCUT2D eigenvalue weighted by Gasteiger charge is 2.27. The van der Waals surface area contributed by atoms with Crippen molar-refractivity contribution in [3.63, 3.8) is 0 Å². The molecule has 2 fully saturated rings. The van der Waals surface area contributed by atoms with E-state index in [9.17, 15) is 9.59 Å². The molecule has 0 atom stereocenters. The third-order valence-corrected chi connectivity index (χ3v) is 6.41. The standard InChI is InChI=1S/C22H27BrN4O2/c1-15-13-19(18-8-7-16(23)14-20(18)24-15)21(28)26-9-11-27(12-10-26)22(29)25-17-5-3-2-4-6-17/h7-8,13-14,17H,2-6,9-12H2,1H3,(H,25,29). The molecule has 29 heavy (non-hydrogen) atoms. The molecule has 0 spiro atoms. The van der Waals surface area contributed by atoms with Gasteiger partial charge in [0.15, 0.2) is 0 Å². The summed E-state index contributed by atoms with van der Waals surface area (Å²) < 4.78 is 0.944. The number of aryl methyl sites for hydroxylation is 1. The van der Waals surface area contributed by atoms with Crippen molar-refractivity contribution in [2.45, 2.75) is 45.1 Å². The second-order valence-corrected chi connectivity index (χ2v) is 8.95. The van der Waals surface area contributed by atoms with E-state index in [1.807, 2.05) is 41.0 Å². The predicted molar refractivity (Wildman–Crippen MR) is 117 cm³/mol. The number of aromatic nitrogens is 1. The molecule has 154 valence electrons. The van der Waals surface area contributed by atoms with E-state index in [1.54, 1.807) is 0 Å². The van der Waals surface area contributed by atoms with Gasteiger partial charge in [0.2, 0.25) is 0 Å². The number of amides is 3. The van der Waals surface area contributed by atoms with Crippen LogP contribution in [0.1, 0.15) is 48.2 Å². The van der Waals surface area contributed by atoms with Gasteiger partial charge in [-0.1, -0.05) is 41.3 Å². The smallest absolute Gasteiger partial charge is 0.317 e. The molecule has 1 aliphatic heterocycles. The predicted octanol–water partition coefficient (Wildman–Crippen LogP) is 4.11. The third-order valence-electron chi connectivity index (χ3n) is 5.92. The first-order valence-electron chi connectivity index (χ1n) is 10.4. The summed E-state index contributed by atoms with van der Waals surface area (Å²) in [5.41, 5.74) is 2.32. The van der Waals surface area contributed by atoms with E-state index in [4.69, 9.17) is 0 Å². The van der Waals surface area contributed by atoms with Gasteiger partial charge >= 0.3 is 6.03 Å². The molecule has 2 heterocycles. The largest absolute Gasteiger partial charge is 0.335 e. The van der Waals surface area contributed by atoms with E-state index in [0.29, 0.717) is 37.8 Å². The first-order chi connectivity index (χ1) is 14.0. The summed E-state index contributed by atoms with van der Waals surface area (Å²) in [5.74, 6) is 0.00941. The van der Waals surface area contributed by atoms with Crippen molar-refractivity contribution in [3.8, 4) is 0 Å².